The fourth-order valence-corrected chi connectivity index (χ4v) is 4.98. The lowest BCUT2D eigenvalue weighted by Crippen LogP contribution is -2.39. The fraction of sp³-hybridized carbons (Fsp3) is 0.364. The number of carbonyl (C=O) groups excluding carboxylic acids is 2. The molecule has 9 heteroatoms. The summed E-state index contributed by atoms with van der Waals surface area (Å²) in [4.78, 5) is 48.2. The van der Waals surface area contributed by atoms with Crippen molar-refractivity contribution in [2.24, 2.45) is 11.3 Å². The first-order chi connectivity index (χ1) is 14.9. The standard InChI is InChI=1S/C22H22N4O5/c27-18(28)3-6-22-12-25(20(29)15-5-8-31-11-15)9-16(22)10-26(13-22)21(30)17-2-1-14-4-7-23-19(14)24-17/h1-2,4-5,7-8,11,16H,3,6,9-10,12-13H2,(H,23,24)(H,27,28)/t16-,22+/m1/s1. The molecule has 2 fully saturated rings. The number of H-pyrrole nitrogens is 1. The van der Waals surface area contributed by atoms with Crippen LogP contribution < -0.4 is 0 Å². The Bertz CT molecular complexity index is 1150. The van der Waals surface area contributed by atoms with Crippen molar-refractivity contribution >= 4 is 28.8 Å². The molecule has 2 N–H and O–H groups in total. The summed E-state index contributed by atoms with van der Waals surface area (Å²) in [6.07, 6.45) is 5.06. The Kier molecular flexibility index (Phi) is 4.53. The van der Waals surface area contributed by atoms with Gasteiger partial charge in [0.05, 0.1) is 11.8 Å². The van der Waals surface area contributed by atoms with Crippen LogP contribution in [-0.4, -0.2) is 68.8 Å². The second-order valence-corrected chi connectivity index (χ2v) is 8.45. The van der Waals surface area contributed by atoms with E-state index in [9.17, 15) is 19.5 Å². The fourth-order valence-electron chi connectivity index (χ4n) is 4.98. The van der Waals surface area contributed by atoms with Gasteiger partial charge in [-0.2, -0.15) is 0 Å². The van der Waals surface area contributed by atoms with Crippen molar-refractivity contribution in [2.75, 3.05) is 26.2 Å². The van der Waals surface area contributed by atoms with Gasteiger partial charge in [-0.1, -0.05) is 0 Å². The number of pyridine rings is 1. The number of carbonyl (C=O) groups is 3. The number of aromatic nitrogens is 2. The zero-order valence-corrected chi connectivity index (χ0v) is 16.8. The van der Waals surface area contributed by atoms with Crippen LogP contribution in [0.25, 0.3) is 11.0 Å². The molecule has 2 amide bonds. The summed E-state index contributed by atoms with van der Waals surface area (Å²) >= 11 is 0. The van der Waals surface area contributed by atoms with Gasteiger partial charge in [0.15, 0.2) is 0 Å². The lowest BCUT2D eigenvalue weighted by molar-refractivity contribution is -0.137. The minimum absolute atomic E-state index is 0.00104. The van der Waals surface area contributed by atoms with Gasteiger partial charge in [0, 0.05) is 55.5 Å². The molecule has 0 saturated carbocycles. The average Bonchev–Trinajstić information content (AvgIpc) is 3.53. The quantitative estimate of drug-likeness (QED) is 0.651. The monoisotopic (exact) mass is 422 g/mol. The highest BCUT2D eigenvalue weighted by Gasteiger charge is 2.54. The summed E-state index contributed by atoms with van der Waals surface area (Å²) in [6.45, 7) is 1.78. The number of carboxylic acids is 1. The van der Waals surface area contributed by atoms with E-state index in [-0.39, 0.29) is 24.2 Å². The first-order valence-electron chi connectivity index (χ1n) is 10.2. The van der Waals surface area contributed by atoms with Crippen molar-refractivity contribution in [2.45, 2.75) is 12.8 Å². The van der Waals surface area contributed by atoms with E-state index >= 15 is 0 Å². The van der Waals surface area contributed by atoms with Gasteiger partial charge in [-0.25, -0.2) is 4.98 Å². The van der Waals surface area contributed by atoms with E-state index in [0.717, 1.165) is 5.39 Å². The maximum absolute atomic E-state index is 13.2. The molecule has 9 nitrogen and oxygen atoms in total. The Morgan fingerprint density at radius 3 is 2.61 bits per heavy atom. The molecule has 2 aliphatic heterocycles. The van der Waals surface area contributed by atoms with Crippen LogP contribution >= 0.6 is 0 Å². The zero-order valence-electron chi connectivity index (χ0n) is 16.8. The van der Waals surface area contributed by atoms with Gasteiger partial charge in [-0.05, 0) is 30.7 Å². The second kappa shape index (κ2) is 7.26. The van der Waals surface area contributed by atoms with E-state index in [0.29, 0.717) is 49.5 Å². The molecule has 0 bridgehead atoms. The van der Waals surface area contributed by atoms with Crippen LogP contribution in [0.4, 0.5) is 0 Å². The molecule has 3 aromatic rings. The SMILES string of the molecule is O=C(O)CC[C@@]12CN(C(=O)c3ccoc3)C[C@@H]1CN(C(=O)c1ccc3cc[nH]c3n1)C2. The lowest BCUT2D eigenvalue weighted by atomic mass is 9.77. The van der Waals surface area contributed by atoms with Crippen molar-refractivity contribution in [1.82, 2.24) is 19.8 Å². The second-order valence-electron chi connectivity index (χ2n) is 8.45. The van der Waals surface area contributed by atoms with Crippen LogP contribution in [0.3, 0.4) is 0 Å². The largest absolute Gasteiger partial charge is 0.481 e. The number of amides is 2. The third-order valence-electron chi connectivity index (χ3n) is 6.57. The number of hydrogen-bond donors (Lipinski definition) is 2. The van der Waals surface area contributed by atoms with Gasteiger partial charge < -0.3 is 24.3 Å². The molecule has 31 heavy (non-hydrogen) atoms. The average molecular weight is 422 g/mol. The number of hydrogen-bond acceptors (Lipinski definition) is 5. The maximum Gasteiger partial charge on any atom is 0.303 e. The Morgan fingerprint density at radius 1 is 1.13 bits per heavy atom. The van der Waals surface area contributed by atoms with E-state index < -0.39 is 11.4 Å². The summed E-state index contributed by atoms with van der Waals surface area (Å²) in [6, 6.07) is 7.09. The molecule has 0 unspecified atom stereocenters. The van der Waals surface area contributed by atoms with Gasteiger partial charge in [-0.3, -0.25) is 14.4 Å². The van der Waals surface area contributed by atoms with E-state index in [1.165, 1.54) is 12.5 Å². The number of rotatable bonds is 5. The van der Waals surface area contributed by atoms with E-state index in [1.54, 1.807) is 28.1 Å². The minimum Gasteiger partial charge on any atom is -0.481 e. The number of fused-ring (bicyclic) bond motifs is 2. The van der Waals surface area contributed by atoms with Crippen LogP contribution in [0.1, 0.15) is 33.7 Å². The smallest absolute Gasteiger partial charge is 0.303 e. The topological polar surface area (TPSA) is 120 Å². The normalized spacial score (nSPS) is 22.8. The molecule has 2 atom stereocenters. The Balaban J connectivity index is 1.37. The highest BCUT2D eigenvalue weighted by molar-refractivity contribution is 5.95. The lowest BCUT2D eigenvalue weighted by Gasteiger charge is -2.28. The predicted molar refractivity (Wildman–Crippen MR) is 109 cm³/mol. The van der Waals surface area contributed by atoms with Crippen LogP contribution in [0.15, 0.2) is 47.4 Å². The van der Waals surface area contributed by atoms with Crippen LogP contribution in [-0.2, 0) is 4.79 Å². The van der Waals surface area contributed by atoms with E-state index in [4.69, 9.17) is 4.42 Å². The van der Waals surface area contributed by atoms with Crippen LogP contribution in [0.5, 0.6) is 0 Å². The van der Waals surface area contributed by atoms with Gasteiger partial charge >= 0.3 is 5.97 Å². The summed E-state index contributed by atoms with van der Waals surface area (Å²) in [5.74, 6) is -1.17. The highest BCUT2D eigenvalue weighted by atomic mass is 16.4. The Morgan fingerprint density at radius 2 is 1.90 bits per heavy atom. The Hall–Kier alpha value is -3.62. The van der Waals surface area contributed by atoms with Crippen molar-refractivity contribution < 1.29 is 23.9 Å². The van der Waals surface area contributed by atoms with E-state index in [2.05, 4.69) is 9.97 Å². The summed E-state index contributed by atoms with van der Waals surface area (Å²) in [5.41, 5.74) is 1.05. The molecule has 2 saturated heterocycles. The number of nitrogens with one attached hydrogen (secondary N) is 1. The molecular weight excluding hydrogens is 400 g/mol. The third-order valence-corrected chi connectivity index (χ3v) is 6.57. The molecule has 0 aliphatic carbocycles. The third kappa shape index (κ3) is 3.35. The highest BCUT2D eigenvalue weighted by Crippen LogP contribution is 2.46. The molecule has 160 valence electrons. The van der Waals surface area contributed by atoms with Crippen molar-refractivity contribution in [3.8, 4) is 0 Å². The van der Waals surface area contributed by atoms with Gasteiger partial charge in [0.2, 0.25) is 0 Å². The molecule has 0 aromatic carbocycles. The number of furan rings is 1. The Labute approximate surface area is 177 Å². The summed E-state index contributed by atoms with van der Waals surface area (Å²) in [5, 5.41) is 10.2. The molecule has 3 aromatic heterocycles. The van der Waals surface area contributed by atoms with Crippen molar-refractivity contribution in [1.29, 1.82) is 0 Å². The molecule has 0 spiro atoms. The molecular formula is C22H22N4O5. The number of carboxylic acid groups (broad SMARTS) is 1. The number of aliphatic carboxylic acids is 1. The summed E-state index contributed by atoms with van der Waals surface area (Å²) < 4.78 is 5.03. The van der Waals surface area contributed by atoms with Gasteiger partial charge in [-0.15, -0.1) is 0 Å². The molecule has 5 heterocycles. The van der Waals surface area contributed by atoms with Crippen LogP contribution in [0, 0.1) is 11.3 Å². The molecule has 0 radical (unpaired) electrons. The maximum atomic E-state index is 13.2. The minimum atomic E-state index is -0.878. The van der Waals surface area contributed by atoms with Crippen molar-refractivity contribution in [3.05, 3.63) is 54.2 Å². The zero-order chi connectivity index (χ0) is 21.6. The van der Waals surface area contributed by atoms with Gasteiger partial charge in [0.1, 0.15) is 17.6 Å². The van der Waals surface area contributed by atoms with Crippen molar-refractivity contribution in [3.63, 3.8) is 0 Å². The first kappa shape index (κ1) is 19.3. The van der Waals surface area contributed by atoms with Crippen LogP contribution in [0.2, 0.25) is 0 Å². The number of likely N-dealkylation sites (tertiary alicyclic amines) is 2. The number of aromatic amines is 1. The summed E-state index contributed by atoms with van der Waals surface area (Å²) in [7, 11) is 0. The first-order valence-corrected chi connectivity index (χ1v) is 10.2. The molecule has 5 rings (SSSR count). The molecule has 2 aliphatic rings. The van der Waals surface area contributed by atoms with Gasteiger partial charge in [0.25, 0.3) is 11.8 Å². The predicted octanol–water partition coefficient (Wildman–Crippen LogP) is 2.24. The number of nitrogens with zero attached hydrogens (tertiary/aromatic N) is 3. The van der Waals surface area contributed by atoms with E-state index in [1.807, 2.05) is 12.1 Å².